The highest BCUT2D eigenvalue weighted by Crippen LogP contribution is 2.44. The minimum Gasteiger partial charge on any atom is -0.316 e. The van der Waals surface area contributed by atoms with Crippen LogP contribution in [0.3, 0.4) is 0 Å². The van der Waals surface area contributed by atoms with E-state index in [4.69, 9.17) is 0 Å². The molecule has 0 spiro atoms. The van der Waals surface area contributed by atoms with Gasteiger partial charge in [-0.1, -0.05) is 41.5 Å². The average Bonchev–Trinajstić information content (AvgIpc) is 2.19. The minimum atomic E-state index is 0.577. The predicted molar refractivity (Wildman–Crippen MR) is 81.8 cm³/mol. The maximum absolute atomic E-state index is 3.69. The van der Waals surface area contributed by atoms with Crippen LogP contribution in [0.25, 0.3) is 0 Å². The normalized spacial score (nSPS) is 28.0. The highest BCUT2D eigenvalue weighted by atomic mass is 14.9. The van der Waals surface area contributed by atoms with E-state index < -0.39 is 0 Å². The monoisotopic (exact) mass is 253 g/mol. The summed E-state index contributed by atoms with van der Waals surface area (Å²) >= 11 is 0. The van der Waals surface area contributed by atoms with Crippen molar-refractivity contribution in [3.05, 3.63) is 0 Å². The molecule has 1 fully saturated rings. The second-order valence-corrected chi connectivity index (χ2v) is 8.11. The van der Waals surface area contributed by atoms with Crippen molar-refractivity contribution in [2.24, 2.45) is 29.1 Å². The third kappa shape index (κ3) is 5.73. The second kappa shape index (κ2) is 6.93. The number of nitrogens with one attached hydrogen (secondary N) is 1. The van der Waals surface area contributed by atoms with Gasteiger partial charge in [0, 0.05) is 0 Å². The quantitative estimate of drug-likeness (QED) is 0.722. The summed E-state index contributed by atoms with van der Waals surface area (Å²) in [7, 11) is 0. The first-order valence-corrected chi connectivity index (χ1v) is 8.01. The average molecular weight is 253 g/mol. The van der Waals surface area contributed by atoms with Crippen molar-refractivity contribution >= 4 is 0 Å². The van der Waals surface area contributed by atoms with Crippen LogP contribution in [0, 0.1) is 29.1 Å². The Hall–Kier alpha value is -0.0400. The highest BCUT2D eigenvalue weighted by molar-refractivity contribution is 4.86. The van der Waals surface area contributed by atoms with Crippen molar-refractivity contribution in [3.8, 4) is 0 Å². The van der Waals surface area contributed by atoms with Crippen molar-refractivity contribution < 1.29 is 0 Å². The second-order valence-electron chi connectivity index (χ2n) is 8.11. The van der Waals surface area contributed by atoms with Gasteiger partial charge in [-0.15, -0.1) is 0 Å². The van der Waals surface area contributed by atoms with E-state index in [9.17, 15) is 0 Å². The first kappa shape index (κ1) is 16.0. The van der Waals surface area contributed by atoms with Crippen LogP contribution in [0.4, 0.5) is 0 Å². The van der Waals surface area contributed by atoms with Crippen molar-refractivity contribution in [2.75, 3.05) is 13.1 Å². The molecule has 1 saturated carbocycles. The van der Waals surface area contributed by atoms with E-state index in [0.29, 0.717) is 5.41 Å². The lowest BCUT2D eigenvalue weighted by Crippen LogP contribution is -2.37. The summed E-state index contributed by atoms with van der Waals surface area (Å²) in [4.78, 5) is 0. The topological polar surface area (TPSA) is 12.0 Å². The summed E-state index contributed by atoms with van der Waals surface area (Å²) in [5, 5.41) is 3.69. The summed E-state index contributed by atoms with van der Waals surface area (Å²) in [6, 6.07) is 0. The van der Waals surface area contributed by atoms with Gasteiger partial charge in [0.25, 0.3) is 0 Å². The van der Waals surface area contributed by atoms with E-state index in [0.717, 1.165) is 23.7 Å². The van der Waals surface area contributed by atoms with Gasteiger partial charge in [-0.3, -0.25) is 0 Å². The summed E-state index contributed by atoms with van der Waals surface area (Å²) in [6.07, 6.45) is 5.68. The van der Waals surface area contributed by atoms with E-state index in [-0.39, 0.29) is 0 Å². The zero-order valence-electron chi connectivity index (χ0n) is 13.6. The molecule has 1 aliphatic rings. The molecule has 1 heteroatoms. The van der Waals surface area contributed by atoms with Gasteiger partial charge in [-0.2, -0.15) is 0 Å². The Kier molecular flexibility index (Phi) is 6.17. The first-order chi connectivity index (χ1) is 8.30. The molecule has 1 aliphatic carbocycles. The van der Waals surface area contributed by atoms with Crippen LogP contribution in [0.2, 0.25) is 0 Å². The molecule has 2 unspecified atom stereocenters. The Morgan fingerprint density at radius 2 is 1.72 bits per heavy atom. The molecule has 1 nitrogen and oxygen atoms in total. The van der Waals surface area contributed by atoms with E-state index in [2.05, 4.69) is 46.9 Å². The largest absolute Gasteiger partial charge is 0.316 e. The SMILES string of the molecule is CC(C)CNCC1CCC(C)(C)CC1CC(C)C. The fourth-order valence-corrected chi connectivity index (χ4v) is 3.50. The van der Waals surface area contributed by atoms with Crippen LogP contribution in [0.1, 0.15) is 67.2 Å². The summed E-state index contributed by atoms with van der Waals surface area (Å²) in [6.45, 7) is 16.7. The Labute approximate surface area is 115 Å². The van der Waals surface area contributed by atoms with Crippen molar-refractivity contribution in [1.82, 2.24) is 5.32 Å². The molecule has 0 aromatic carbocycles. The van der Waals surface area contributed by atoms with Gasteiger partial charge in [0.15, 0.2) is 0 Å². The van der Waals surface area contributed by atoms with Gasteiger partial charge in [-0.25, -0.2) is 0 Å². The minimum absolute atomic E-state index is 0.577. The molecule has 108 valence electrons. The maximum Gasteiger partial charge on any atom is -0.00177 e. The molecule has 1 rings (SSSR count). The van der Waals surface area contributed by atoms with Crippen molar-refractivity contribution in [1.29, 1.82) is 0 Å². The first-order valence-electron chi connectivity index (χ1n) is 8.01. The van der Waals surface area contributed by atoms with Crippen LogP contribution in [-0.2, 0) is 0 Å². The highest BCUT2D eigenvalue weighted by Gasteiger charge is 2.34. The molecular formula is C17H35N. The Bertz CT molecular complexity index is 230. The molecule has 0 amide bonds. The van der Waals surface area contributed by atoms with Crippen LogP contribution < -0.4 is 5.32 Å². The number of hydrogen-bond acceptors (Lipinski definition) is 1. The zero-order chi connectivity index (χ0) is 13.8. The lowest BCUT2D eigenvalue weighted by Gasteiger charge is -2.42. The lowest BCUT2D eigenvalue weighted by molar-refractivity contribution is 0.100. The molecule has 0 heterocycles. The fraction of sp³-hybridized carbons (Fsp3) is 1.00. The Morgan fingerprint density at radius 3 is 2.28 bits per heavy atom. The van der Waals surface area contributed by atoms with E-state index >= 15 is 0 Å². The Morgan fingerprint density at radius 1 is 1.06 bits per heavy atom. The molecule has 0 bridgehead atoms. The fourth-order valence-electron chi connectivity index (χ4n) is 3.50. The van der Waals surface area contributed by atoms with Crippen LogP contribution in [0.5, 0.6) is 0 Å². The third-order valence-corrected chi connectivity index (χ3v) is 4.41. The molecule has 0 radical (unpaired) electrons. The molecular weight excluding hydrogens is 218 g/mol. The van der Waals surface area contributed by atoms with Crippen molar-refractivity contribution in [3.63, 3.8) is 0 Å². The standard InChI is InChI=1S/C17H35N/c1-13(2)9-16-10-17(5,6)8-7-15(16)12-18-11-14(3)4/h13-16,18H,7-12H2,1-6H3. The number of rotatable bonds is 6. The van der Waals surface area contributed by atoms with Gasteiger partial charge in [0.05, 0.1) is 0 Å². The molecule has 0 aliphatic heterocycles. The molecule has 0 saturated heterocycles. The van der Waals surface area contributed by atoms with Gasteiger partial charge < -0.3 is 5.32 Å². The van der Waals surface area contributed by atoms with Gasteiger partial charge in [-0.05, 0) is 67.9 Å². The maximum atomic E-state index is 3.69. The van der Waals surface area contributed by atoms with Crippen LogP contribution in [-0.4, -0.2) is 13.1 Å². The molecule has 18 heavy (non-hydrogen) atoms. The van der Waals surface area contributed by atoms with E-state index in [1.807, 2.05) is 0 Å². The molecule has 2 atom stereocenters. The molecule has 1 N–H and O–H groups in total. The zero-order valence-corrected chi connectivity index (χ0v) is 13.6. The summed E-state index contributed by atoms with van der Waals surface area (Å²) in [5.41, 5.74) is 0.577. The summed E-state index contributed by atoms with van der Waals surface area (Å²) < 4.78 is 0. The lowest BCUT2D eigenvalue weighted by atomic mass is 9.65. The van der Waals surface area contributed by atoms with E-state index in [1.165, 1.54) is 38.8 Å². The van der Waals surface area contributed by atoms with E-state index in [1.54, 1.807) is 0 Å². The van der Waals surface area contributed by atoms with Gasteiger partial charge in [0.1, 0.15) is 0 Å². The smallest absolute Gasteiger partial charge is 0.00177 e. The van der Waals surface area contributed by atoms with Crippen LogP contribution in [0.15, 0.2) is 0 Å². The molecule has 0 aromatic heterocycles. The van der Waals surface area contributed by atoms with Crippen molar-refractivity contribution in [2.45, 2.75) is 67.2 Å². The third-order valence-electron chi connectivity index (χ3n) is 4.41. The van der Waals surface area contributed by atoms with Crippen LogP contribution >= 0.6 is 0 Å². The molecule has 0 aromatic rings. The summed E-state index contributed by atoms with van der Waals surface area (Å²) in [5.74, 6) is 3.47. The van der Waals surface area contributed by atoms with Gasteiger partial charge in [0.2, 0.25) is 0 Å². The van der Waals surface area contributed by atoms with Gasteiger partial charge >= 0.3 is 0 Å². The predicted octanol–water partition coefficient (Wildman–Crippen LogP) is 4.72. The Balaban J connectivity index is 2.47. The number of hydrogen-bond donors (Lipinski definition) is 1.